The molecule has 1 aromatic carbocycles. The molecular weight excluding hydrogens is 250 g/mol. The van der Waals surface area contributed by atoms with Crippen molar-refractivity contribution in [2.75, 3.05) is 13.2 Å². The molecule has 4 nitrogen and oxygen atoms in total. The van der Waals surface area contributed by atoms with Gasteiger partial charge >= 0.3 is 0 Å². The maximum absolute atomic E-state index is 5.45. The van der Waals surface area contributed by atoms with Crippen LogP contribution in [0.15, 0.2) is 49.3 Å². The second-order valence-corrected chi connectivity index (χ2v) is 4.62. The summed E-state index contributed by atoms with van der Waals surface area (Å²) in [6.45, 7) is 5.94. The van der Waals surface area contributed by atoms with Crippen LogP contribution < -0.4 is 10.1 Å². The average Bonchev–Trinajstić information content (AvgIpc) is 2.88. The summed E-state index contributed by atoms with van der Waals surface area (Å²) >= 11 is 0. The third kappa shape index (κ3) is 4.24. The van der Waals surface area contributed by atoms with Gasteiger partial charge < -0.3 is 14.6 Å². The smallest absolute Gasteiger partial charge is 0.119 e. The third-order valence-electron chi connectivity index (χ3n) is 3.07. The standard InChI is InChI=1S/C16H21N3O/c1-3-12-20-15-6-4-14(5-7-15)13-17-9-8-16-18-10-11-19(16)2/h3-7,10-11,17H,1,8-9,12-13H2,2H3. The zero-order valence-corrected chi connectivity index (χ0v) is 11.9. The summed E-state index contributed by atoms with van der Waals surface area (Å²) in [6.07, 6.45) is 6.48. The Kier molecular flexibility index (Phi) is 5.38. The lowest BCUT2D eigenvalue weighted by molar-refractivity contribution is 0.363. The molecule has 0 unspecified atom stereocenters. The summed E-state index contributed by atoms with van der Waals surface area (Å²) in [5, 5.41) is 3.42. The van der Waals surface area contributed by atoms with Crippen LogP contribution in [0.4, 0.5) is 0 Å². The molecule has 2 aromatic rings. The highest BCUT2D eigenvalue weighted by molar-refractivity contribution is 5.27. The van der Waals surface area contributed by atoms with Crippen LogP contribution in [0.1, 0.15) is 11.4 Å². The lowest BCUT2D eigenvalue weighted by atomic mass is 10.2. The molecule has 2 rings (SSSR count). The molecular formula is C16H21N3O. The summed E-state index contributed by atoms with van der Waals surface area (Å²) in [5.41, 5.74) is 1.25. The Morgan fingerprint density at radius 3 is 2.80 bits per heavy atom. The number of nitrogens with one attached hydrogen (secondary N) is 1. The monoisotopic (exact) mass is 271 g/mol. The maximum Gasteiger partial charge on any atom is 0.119 e. The van der Waals surface area contributed by atoms with Crippen molar-refractivity contribution in [2.24, 2.45) is 7.05 Å². The number of hydrogen-bond acceptors (Lipinski definition) is 3. The van der Waals surface area contributed by atoms with E-state index in [1.54, 1.807) is 6.08 Å². The van der Waals surface area contributed by atoms with Gasteiger partial charge in [0.15, 0.2) is 0 Å². The Hall–Kier alpha value is -2.07. The molecule has 1 heterocycles. The fraction of sp³-hybridized carbons (Fsp3) is 0.312. The van der Waals surface area contributed by atoms with Gasteiger partial charge in [0.25, 0.3) is 0 Å². The number of imidazole rings is 1. The Balaban J connectivity index is 1.71. The molecule has 4 heteroatoms. The topological polar surface area (TPSA) is 39.1 Å². The molecule has 0 radical (unpaired) electrons. The average molecular weight is 271 g/mol. The Labute approximate surface area is 120 Å². The predicted molar refractivity (Wildman–Crippen MR) is 80.8 cm³/mol. The lowest BCUT2D eigenvalue weighted by Crippen LogP contribution is -2.18. The van der Waals surface area contributed by atoms with Crippen LogP contribution in [0.25, 0.3) is 0 Å². The van der Waals surface area contributed by atoms with E-state index >= 15 is 0 Å². The highest BCUT2D eigenvalue weighted by Gasteiger charge is 1.99. The molecule has 0 fully saturated rings. The van der Waals surface area contributed by atoms with Gasteiger partial charge in [0, 0.05) is 39.0 Å². The van der Waals surface area contributed by atoms with Crippen molar-refractivity contribution in [3.05, 3.63) is 60.7 Å². The van der Waals surface area contributed by atoms with Gasteiger partial charge in [-0.3, -0.25) is 0 Å². The van der Waals surface area contributed by atoms with Crippen molar-refractivity contribution in [1.82, 2.24) is 14.9 Å². The zero-order chi connectivity index (χ0) is 14.2. The summed E-state index contributed by atoms with van der Waals surface area (Å²) in [5.74, 6) is 1.98. The van der Waals surface area contributed by atoms with E-state index in [1.165, 1.54) is 5.56 Å². The molecule has 0 amide bonds. The minimum absolute atomic E-state index is 0.543. The molecule has 106 valence electrons. The SMILES string of the molecule is C=CCOc1ccc(CNCCc2nccn2C)cc1. The van der Waals surface area contributed by atoms with E-state index in [2.05, 4.69) is 29.0 Å². The normalized spacial score (nSPS) is 10.4. The number of benzene rings is 1. The molecule has 0 saturated heterocycles. The first-order valence-electron chi connectivity index (χ1n) is 6.79. The molecule has 0 aliphatic rings. The summed E-state index contributed by atoms with van der Waals surface area (Å²) in [4.78, 5) is 4.30. The van der Waals surface area contributed by atoms with Gasteiger partial charge in [-0.25, -0.2) is 4.98 Å². The van der Waals surface area contributed by atoms with Gasteiger partial charge in [0.05, 0.1) is 0 Å². The van der Waals surface area contributed by atoms with E-state index < -0.39 is 0 Å². The van der Waals surface area contributed by atoms with Crippen LogP contribution in [0, 0.1) is 0 Å². The summed E-state index contributed by atoms with van der Waals surface area (Å²) in [6, 6.07) is 8.12. The molecule has 1 N–H and O–H groups in total. The van der Waals surface area contributed by atoms with E-state index in [-0.39, 0.29) is 0 Å². The zero-order valence-electron chi connectivity index (χ0n) is 11.9. The van der Waals surface area contributed by atoms with Crippen LogP contribution in [0.3, 0.4) is 0 Å². The first-order valence-corrected chi connectivity index (χ1v) is 6.79. The van der Waals surface area contributed by atoms with Gasteiger partial charge in [-0.1, -0.05) is 24.8 Å². The molecule has 0 aliphatic heterocycles. The molecule has 20 heavy (non-hydrogen) atoms. The fourth-order valence-corrected chi connectivity index (χ4v) is 1.93. The largest absolute Gasteiger partial charge is 0.490 e. The molecule has 0 bridgehead atoms. The minimum Gasteiger partial charge on any atom is -0.490 e. The van der Waals surface area contributed by atoms with Crippen molar-refractivity contribution in [3.63, 3.8) is 0 Å². The summed E-state index contributed by atoms with van der Waals surface area (Å²) < 4.78 is 7.50. The number of nitrogens with zero attached hydrogens (tertiary/aromatic N) is 2. The number of hydrogen-bond donors (Lipinski definition) is 1. The lowest BCUT2D eigenvalue weighted by Gasteiger charge is -2.07. The summed E-state index contributed by atoms with van der Waals surface area (Å²) in [7, 11) is 2.02. The van der Waals surface area contributed by atoms with Crippen LogP contribution in [-0.4, -0.2) is 22.7 Å². The van der Waals surface area contributed by atoms with E-state index in [4.69, 9.17) is 4.74 Å². The molecule has 0 aliphatic carbocycles. The van der Waals surface area contributed by atoms with Crippen molar-refractivity contribution in [2.45, 2.75) is 13.0 Å². The second-order valence-electron chi connectivity index (χ2n) is 4.62. The highest BCUT2D eigenvalue weighted by Crippen LogP contribution is 2.11. The Morgan fingerprint density at radius 1 is 1.35 bits per heavy atom. The van der Waals surface area contributed by atoms with Gasteiger partial charge in [0.2, 0.25) is 0 Å². The molecule has 0 spiro atoms. The number of aryl methyl sites for hydroxylation is 1. The first kappa shape index (κ1) is 14.3. The number of ether oxygens (including phenoxy) is 1. The number of rotatable bonds is 8. The van der Waals surface area contributed by atoms with Gasteiger partial charge in [-0.05, 0) is 17.7 Å². The van der Waals surface area contributed by atoms with E-state index in [0.29, 0.717) is 6.61 Å². The Bertz CT molecular complexity index is 531. The molecule has 0 atom stereocenters. The van der Waals surface area contributed by atoms with Crippen LogP contribution in [0.5, 0.6) is 5.75 Å². The van der Waals surface area contributed by atoms with Gasteiger partial charge in [-0.15, -0.1) is 0 Å². The van der Waals surface area contributed by atoms with Crippen molar-refractivity contribution in [1.29, 1.82) is 0 Å². The Morgan fingerprint density at radius 2 is 2.15 bits per heavy atom. The van der Waals surface area contributed by atoms with Gasteiger partial charge in [-0.2, -0.15) is 0 Å². The highest BCUT2D eigenvalue weighted by atomic mass is 16.5. The first-order chi connectivity index (χ1) is 9.79. The van der Waals surface area contributed by atoms with Crippen LogP contribution in [0.2, 0.25) is 0 Å². The third-order valence-corrected chi connectivity index (χ3v) is 3.07. The molecule has 1 aromatic heterocycles. The van der Waals surface area contributed by atoms with Crippen molar-refractivity contribution in [3.8, 4) is 5.75 Å². The quantitative estimate of drug-likeness (QED) is 0.591. The molecule has 0 saturated carbocycles. The van der Waals surface area contributed by atoms with E-state index in [1.807, 2.05) is 36.1 Å². The van der Waals surface area contributed by atoms with E-state index in [0.717, 1.165) is 31.1 Å². The van der Waals surface area contributed by atoms with E-state index in [9.17, 15) is 0 Å². The van der Waals surface area contributed by atoms with Crippen LogP contribution in [-0.2, 0) is 20.0 Å². The maximum atomic E-state index is 5.45. The number of aromatic nitrogens is 2. The van der Waals surface area contributed by atoms with Gasteiger partial charge in [0.1, 0.15) is 18.2 Å². The van der Waals surface area contributed by atoms with Crippen molar-refractivity contribution < 1.29 is 4.74 Å². The van der Waals surface area contributed by atoms with Crippen LogP contribution >= 0.6 is 0 Å². The predicted octanol–water partition coefficient (Wildman–Crippen LogP) is 2.32. The van der Waals surface area contributed by atoms with Crippen molar-refractivity contribution >= 4 is 0 Å². The minimum atomic E-state index is 0.543. The fourth-order valence-electron chi connectivity index (χ4n) is 1.93. The second kappa shape index (κ2) is 7.50.